The standard InChI is InChI=1S/C21H22N4O/c1-16-8-10-17(11-9-16)14-23-20(26)19-12-13-22-21(24-19)25(2)15-18-6-4-3-5-7-18/h3-13H,14-15H2,1-2H3,(H,23,26). The summed E-state index contributed by atoms with van der Waals surface area (Å²) in [7, 11) is 1.91. The van der Waals surface area contributed by atoms with Crippen molar-refractivity contribution in [3.8, 4) is 0 Å². The van der Waals surface area contributed by atoms with Crippen molar-refractivity contribution in [1.29, 1.82) is 0 Å². The van der Waals surface area contributed by atoms with Crippen LogP contribution in [0.3, 0.4) is 0 Å². The lowest BCUT2D eigenvalue weighted by Crippen LogP contribution is -2.25. The Kier molecular flexibility index (Phi) is 5.59. The molecule has 0 aliphatic carbocycles. The van der Waals surface area contributed by atoms with Gasteiger partial charge in [-0.15, -0.1) is 0 Å². The van der Waals surface area contributed by atoms with Crippen LogP contribution in [0.1, 0.15) is 27.2 Å². The molecule has 26 heavy (non-hydrogen) atoms. The number of nitrogens with one attached hydrogen (secondary N) is 1. The number of amides is 1. The molecule has 3 rings (SSSR count). The number of benzene rings is 2. The first kappa shape index (κ1) is 17.6. The van der Waals surface area contributed by atoms with Crippen molar-refractivity contribution >= 4 is 11.9 Å². The quantitative estimate of drug-likeness (QED) is 0.744. The van der Waals surface area contributed by atoms with Gasteiger partial charge in [0.15, 0.2) is 0 Å². The van der Waals surface area contributed by atoms with Gasteiger partial charge >= 0.3 is 0 Å². The Labute approximate surface area is 153 Å². The molecule has 0 atom stereocenters. The van der Waals surface area contributed by atoms with Gasteiger partial charge in [-0.05, 0) is 24.1 Å². The van der Waals surface area contributed by atoms with Crippen LogP contribution in [0.2, 0.25) is 0 Å². The summed E-state index contributed by atoms with van der Waals surface area (Å²) in [6.07, 6.45) is 1.62. The van der Waals surface area contributed by atoms with Crippen LogP contribution in [0.15, 0.2) is 66.9 Å². The molecule has 0 saturated carbocycles. The van der Waals surface area contributed by atoms with Gasteiger partial charge in [0.05, 0.1) is 0 Å². The number of hydrogen-bond acceptors (Lipinski definition) is 4. The third kappa shape index (κ3) is 4.66. The molecule has 0 spiro atoms. The molecular formula is C21H22N4O. The van der Waals surface area contributed by atoms with E-state index in [0.29, 0.717) is 24.7 Å². The van der Waals surface area contributed by atoms with E-state index < -0.39 is 0 Å². The van der Waals surface area contributed by atoms with E-state index >= 15 is 0 Å². The number of hydrogen-bond donors (Lipinski definition) is 1. The molecule has 132 valence electrons. The van der Waals surface area contributed by atoms with Gasteiger partial charge in [-0.25, -0.2) is 9.97 Å². The van der Waals surface area contributed by atoms with E-state index in [9.17, 15) is 4.79 Å². The van der Waals surface area contributed by atoms with Crippen molar-refractivity contribution in [2.24, 2.45) is 0 Å². The van der Waals surface area contributed by atoms with Gasteiger partial charge in [0.25, 0.3) is 5.91 Å². The lowest BCUT2D eigenvalue weighted by Gasteiger charge is -2.17. The van der Waals surface area contributed by atoms with Crippen LogP contribution < -0.4 is 10.2 Å². The van der Waals surface area contributed by atoms with Crippen LogP contribution in [0.4, 0.5) is 5.95 Å². The number of aryl methyl sites for hydroxylation is 1. The second-order valence-electron chi connectivity index (χ2n) is 6.25. The SMILES string of the molecule is Cc1ccc(CNC(=O)c2ccnc(N(C)Cc3ccccc3)n2)cc1. The molecule has 0 fully saturated rings. The molecular weight excluding hydrogens is 324 g/mol. The number of carbonyl (C=O) groups is 1. The maximum Gasteiger partial charge on any atom is 0.270 e. The molecule has 5 nitrogen and oxygen atoms in total. The number of aromatic nitrogens is 2. The average molecular weight is 346 g/mol. The Morgan fingerprint density at radius 1 is 1.00 bits per heavy atom. The third-order valence-electron chi connectivity index (χ3n) is 4.05. The lowest BCUT2D eigenvalue weighted by molar-refractivity contribution is 0.0946. The van der Waals surface area contributed by atoms with Crippen LogP contribution in [0.25, 0.3) is 0 Å². The van der Waals surface area contributed by atoms with E-state index in [2.05, 4.69) is 27.4 Å². The minimum Gasteiger partial charge on any atom is -0.347 e. The summed E-state index contributed by atoms with van der Waals surface area (Å²) < 4.78 is 0. The fourth-order valence-corrected chi connectivity index (χ4v) is 2.57. The van der Waals surface area contributed by atoms with Crippen LogP contribution in [0, 0.1) is 6.92 Å². The second kappa shape index (κ2) is 8.25. The molecule has 0 bridgehead atoms. The second-order valence-corrected chi connectivity index (χ2v) is 6.25. The summed E-state index contributed by atoms with van der Waals surface area (Å²) in [4.78, 5) is 23.0. The van der Waals surface area contributed by atoms with Gasteiger partial charge in [0.1, 0.15) is 5.69 Å². The predicted molar refractivity (Wildman–Crippen MR) is 103 cm³/mol. The largest absolute Gasteiger partial charge is 0.347 e. The summed E-state index contributed by atoms with van der Waals surface area (Å²) in [5.74, 6) is 0.319. The molecule has 0 aliphatic rings. The first-order valence-corrected chi connectivity index (χ1v) is 8.53. The van der Waals surface area contributed by atoms with Crippen LogP contribution in [-0.4, -0.2) is 22.9 Å². The van der Waals surface area contributed by atoms with Gasteiger partial charge < -0.3 is 10.2 Å². The Hall–Kier alpha value is -3.21. The molecule has 0 aliphatic heterocycles. The molecule has 2 aromatic carbocycles. The molecule has 5 heteroatoms. The fraction of sp³-hybridized carbons (Fsp3) is 0.190. The Morgan fingerprint density at radius 2 is 1.73 bits per heavy atom. The van der Waals surface area contributed by atoms with Crippen molar-refractivity contribution in [2.45, 2.75) is 20.0 Å². The lowest BCUT2D eigenvalue weighted by atomic mass is 10.1. The smallest absolute Gasteiger partial charge is 0.270 e. The van der Waals surface area contributed by atoms with Crippen LogP contribution in [0.5, 0.6) is 0 Å². The number of anilines is 1. The highest BCUT2D eigenvalue weighted by molar-refractivity contribution is 5.92. The number of nitrogens with zero attached hydrogens (tertiary/aromatic N) is 3. The summed E-state index contributed by atoms with van der Waals surface area (Å²) in [5, 5.41) is 2.90. The molecule has 1 N–H and O–H groups in total. The summed E-state index contributed by atoms with van der Waals surface area (Å²) in [6.45, 7) is 3.18. The molecule has 0 radical (unpaired) electrons. The van der Waals surface area contributed by atoms with Gasteiger partial charge in [-0.3, -0.25) is 4.79 Å². The number of carbonyl (C=O) groups excluding carboxylic acids is 1. The van der Waals surface area contributed by atoms with Crippen molar-refractivity contribution in [3.05, 3.63) is 89.2 Å². The normalized spacial score (nSPS) is 10.4. The highest BCUT2D eigenvalue weighted by Gasteiger charge is 2.11. The summed E-state index contributed by atoms with van der Waals surface area (Å²) in [6, 6.07) is 19.8. The van der Waals surface area contributed by atoms with E-state index in [1.54, 1.807) is 12.3 Å². The minimum absolute atomic E-state index is 0.206. The van der Waals surface area contributed by atoms with Crippen LogP contribution >= 0.6 is 0 Å². The summed E-state index contributed by atoms with van der Waals surface area (Å²) >= 11 is 0. The Balaban J connectivity index is 1.64. The predicted octanol–water partition coefficient (Wildman–Crippen LogP) is 3.35. The fourth-order valence-electron chi connectivity index (χ4n) is 2.57. The minimum atomic E-state index is -0.206. The van der Waals surface area contributed by atoms with Gasteiger partial charge in [-0.2, -0.15) is 0 Å². The molecule has 0 unspecified atom stereocenters. The van der Waals surface area contributed by atoms with E-state index in [-0.39, 0.29) is 5.91 Å². The summed E-state index contributed by atoms with van der Waals surface area (Å²) in [5.41, 5.74) is 3.77. The van der Waals surface area contributed by atoms with Crippen molar-refractivity contribution < 1.29 is 4.79 Å². The zero-order valence-corrected chi connectivity index (χ0v) is 15.0. The maximum atomic E-state index is 12.4. The monoisotopic (exact) mass is 346 g/mol. The van der Waals surface area contributed by atoms with Gasteiger partial charge in [0, 0.05) is 26.3 Å². The first-order valence-electron chi connectivity index (χ1n) is 8.53. The Bertz CT molecular complexity index is 863. The topological polar surface area (TPSA) is 58.1 Å². The van der Waals surface area contributed by atoms with Crippen molar-refractivity contribution in [2.75, 3.05) is 11.9 Å². The molecule has 1 amide bonds. The van der Waals surface area contributed by atoms with E-state index in [1.807, 2.05) is 61.3 Å². The highest BCUT2D eigenvalue weighted by Crippen LogP contribution is 2.11. The Morgan fingerprint density at radius 3 is 2.46 bits per heavy atom. The zero-order valence-electron chi connectivity index (χ0n) is 15.0. The third-order valence-corrected chi connectivity index (χ3v) is 4.05. The first-order chi connectivity index (χ1) is 12.6. The van der Waals surface area contributed by atoms with Crippen molar-refractivity contribution in [3.63, 3.8) is 0 Å². The van der Waals surface area contributed by atoms with Gasteiger partial charge in [-0.1, -0.05) is 60.2 Å². The van der Waals surface area contributed by atoms with E-state index in [4.69, 9.17) is 0 Å². The van der Waals surface area contributed by atoms with E-state index in [0.717, 1.165) is 11.1 Å². The molecule has 1 heterocycles. The number of rotatable bonds is 6. The van der Waals surface area contributed by atoms with E-state index in [1.165, 1.54) is 5.56 Å². The zero-order chi connectivity index (χ0) is 18.4. The molecule has 1 aromatic heterocycles. The van der Waals surface area contributed by atoms with Gasteiger partial charge in [0.2, 0.25) is 5.95 Å². The van der Waals surface area contributed by atoms with Crippen LogP contribution in [-0.2, 0) is 13.1 Å². The molecule has 3 aromatic rings. The average Bonchev–Trinajstić information content (AvgIpc) is 2.68. The highest BCUT2D eigenvalue weighted by atomic mass is 16.1. The maximum absolute atomic E-state index is 12.4. The molecule has 0 saturated heterocycles. The van der Waals surface area contributed by atoms with Crippen molar-refractivity contribution in [1.82, 2.24) is 15.3 Å².